The molecule has 80 heavy (non-hydrogen) atoms. The second kappa shape index (κ2) is 25.4. The van der Waals surface area contributed by atoms with Gasteiger partial charge in [0.25, 0.3) is 17.7 Å². The number of nitrogens with one attached hydrogen (secondary N) is 3. The molecule has 4 aromatic rings. The van der Waals surface area contributed by atoms with Crippen LogP contribution >= 0.6 is 18.9 Å². The highest BCUT2D eigenvalue weighted by Crippen LogP contribution is 2.59. The lowest BCUT2D eigenvalue weighted by Crippen LogP contribution is -2.58. The summed E-state index contributed by atoms with van der Waals surface area (Å²) in [5, 5.41) is 8.09. The fraction of sp³-hybridized carbons (Fsp3) is 0.483. The van der Waals surface area contributed by atoms with Crippen molar-refractivity contribution in [2.24, 2.45) is 5.41 Å². The van der Waals surface area contributed by atoms with Crippen molar-refractivity contribution in [1.82, 2.24) is 30.7 Å². The van der Waals surface area contributed by atoms with E-state index in [0.717, 1.165) is 91.7 Å². The lowest BCUT2D eigenvalue weighted by molar-refractivity contribution is -0.147. The van der Waals surface area contributed by atoms with Crippen LogP contribution in [0.1, 0.15) is 157 Å². The van der Waals surface area contributed by atoms with Crippen molar-refractivity contribution >= 4 is 76.3 Å². The topological polar surface area (TPSA) is 249 Å². The predicted molar refractivity (Wildman–Crippen MR) is 293 cm³/mol. The first-order valence-electron chi connectivity index (χ1n) is 27.2. The minimum atomic E-state index is -5.85. The number of hydrogen-bond acceptors (Lipinski definition) is 11. The van der Waals surface area contributed by atoms with Crippen LogP contribution in [-0.4, -0.2) is 129 Å². The molecule has 8 rings (SSSR count). The average molecular weight is 1140 g/mol. The lowest BCUT2D eigenvalue weighted by atomic mass is 9.85. The summed E-state index contributed by atoms with van der Waals surface area (Å²) >= 11 is 0.957. The number of piperidine rings is 2. The molecule has 5 atom stereocenters. The van der Waals surface area contributed by atoms with E-state index in [0.29, 0.717) is 36.3 Å². The number of carbonyl (C=O) groups excluding carboxylic acids is 8. The van der Waals surface area contributed by atoms with Crippen LogP contribution in [0.3, 0.4) is 0 Å². The largest absolute Gasteiger partial charge is 0.399 e. The van der Waals surface area contributed by atoms with E-state index in [-0.39, 0.29) is 71.5 Å². The number of ether oxygens (including phenoxy) is 1. The molecule has 0 radical (unpaired) electrons. The van der Waals surface area contributed by atoms with E-state index in [1.165, 1.54) is 17.0 Å². The van der Waals surface area contributed by atoms with Gasteiger partial charge in [0, 0.05) is 67.2 Å². The minimum Gasteiger partial charge on any atom is -0.366 e. The van der Waals surface area contributed by atoms with Crippen molar-refractivity contribution in [2.75, 3.05) is 32.8 Å². The second-order valence-electron chi connectivity index (χ2n) is 22.0. The Bertz CT molecular complexity index is 3150. The van der Waals surface area contributed by atoms with Gasteiger partial charge in [-0.25, -0.2) is 0 Å². The Labute approximate surface area is 466 Å². The van der Waals surface area contributed by atoms with Gasteiger partial charge in [-0.2, -0.15) is 8.78 Å². The first-order valence-corrected chi connectivity index (χ1v) is 29.6. The second-order valence-corrected chi connectivity index (χ2v) is 24.7. The third-order valence-electron chi connectivity index (χ3n) is 15.1. The summed E-state index contributed by atoms with van der Waals surface area (Å²) in [5.41, 5.74) is -4.17. The Kier molecular flexibility index (Phi) is 18.9. The molecular weight excluding hydrogens is 1070 g/mol. The fourth-order valence-electron chi connectivity index (χ4n) is 10.7. The van der Waals surface area contributed by atoms with Crippen LogP contribution in [0.5, 0.6) is 0 Å². The standard InChI is InChI=1S/C58H67F2N6O12PS/c1-57(2,3)50(63-52(70)47-31-39-30-40(22-25-46(39)80-47)58(59,60)79(75,76)77)56(74)65-34-41(32-45(65)55(73)64-28-16-20-38(33-64)37-18-13-11-14-19-37)78-35-49(68)61-27-15-10-8-6-4-5-7-9-12-17-36-21-23-42-43(29-36)54(72)66(53(42)71)44-24-26-48(67)62-51(44)69/h11,13-14,18-19,21-23,25,29-31,38,41,44-45,50H,4-10,15-16,20,24,26-28,32-35H2,1-3H3,(H,61,68)(H,63,70)(H,62,67,69)(H2,75,76,77)/t38-,41-,44?,45-,50+/m0/s1. The number of rotatable bonds is 20. The van der Waals surface area contributed by atoms with Gasteiger partial charge in [-0.3, -0.25) is 53.1 Å². The zero-order chi connectivity index (χ0) is 57.5. The van der Waals surface area contributed by atoms with Crippen LogP contribution in [0.15, 0.2) is 72.8 Å². The normalized spacial score (nSPS) is 20.1. The monoisotopic (exact) mass is 1140 g/mol. The van der Waals surface area contributed by atoms with E-state index >= 15 is 0 Å². The number of fused-ring (bicyclic) bond motifs is 2. The molecule has 0 saturated carbocycles. The molecule has 8 amide bonds. The Morgan fingerprint density at radius 1 is 0.875 bits per heavy atom. The molecule has 3 aromatic carbocycles. The van der Waals surface area contributed by atoms with E-state index < -0.39 is 83.9 Å². The van der Waals surface area contributed by atoms with E-state index in [2.05, 4.69) is 27.8 Å². The number of hydrogen-bond donors (Lipinski definition) is 5. The summed E-state index contributed by atoms with van der Waals surface area (Å²) in [6.07, 6.45) is 8.38. The van der Waals surface area contributed by atoms with E-state index in [4.69, 9.17) is 4.74 Å². The van der Waals surface area contributed by atoms with Gasteiger partial charge in [0.1, 0.15) is 24.7 Å². The molecule has 1 unspecified atom stereocenters. The number of nitrogens with zero attached hydrogens (tertiary/aromatic N) is 3. The van der Waals surface area contributed by atoms with Crippen molar-refractivity contribution in [3.63, 3.8) is 0 Å². The van der Waals surface area contributed by atoms with Crippen molar-refractivity contribution in [3.05, 3.63) is 105 Å². The number of halogens is 2. The molecule has 5 heterocycles. The molecule has 4 aliphatic heterocycles. The number of imide groups is 2. The molecule has 5 N–H and O–H groups in total. The quantitative estimate of drug-likeness (QED) is 0.0252. The maximum Gasteiger partial charge on any atom is 0.399 e. The zero-order valence-electron chi connectivity index (χ0n) is 45.0. The maximum atomic E-state index is 14.8. The molecule has 426 valence electrons. The summed E-state index contributed by atoms with van der Waals surface area (Å²) in [7, 11) is -5.85. The Hall–Kier alpha value is -6.69. The van der Waals surface area contributed by atoms with Gasteiger partial charge in [0.05, 0.1) is 22.1 Å². The molecular formula is C58H67F2N6O12PS. The number of likely N-dealkylation sites (tertiary alicyclic amines) is 2. The average Bonchev–Trinajstić information content (AvgIpc) is 4.19. The molecule has 0 spiro atoms. The Morgan fingerprint density at radius 3 is 2.30 bits per heavy atom. The summed E-state index contributed by atoms with van der Waals surface area (Å²) in [5.74, 6) is 2.25. The highest BCUT2D eigenvalue weighted by molar-refractivity contribution is 7.52. The van der Waals surface area contributed by atoms with E-state index in [1.807, 2.05) is 30.3 Å². The molecule has 3 saturated heterocycles. The van der Waals surface area contributed by atoms with Gasteiger partial charge in [-0.15, -0.1) is 11.3 Å². The van der Waals surface area contributed by atoms with Crippen LogP contribution in [0.2, 0.25) is 0 Å². The van der Waals surface area contributed by atoms with Crippen molar-refractivity contribution in [2.45, 2.75) is 140 Å². The van der Waals surface area contributed by atoms with Crippen molar-refractivity contribution in [3.8, 4) is 11.8 Å². The highest BCUT2D eigenvalue weighted by atomic mass is 32.1. The van der Waals surface area contributed by atoms with Crippen molar-refractivity contribution in [1.29, 1.82) is 0 Å². The first-order chi connectivity index (χ1) is 38.0. The SMILES string of the molecule is CC(C)(C)[C@H](NC(=O)c1cc2cc(C(F)(F)P(=O)(O)O)ccc2s1)C(=O)N1C[C@@H](OCC(=O)NCCCCCCCCCC#Cc2ccc3c(c2)C(=O)N(C2CCC(=O)NC2=O)C3=O)C[C@H]1C(=O)N1CCC[C@H](c2ccccc2)C1. The Balaban J connectivity index is 0.796. The molecule has 0 aliphatic carbocycles. The van der Waals surface area contributed by atoms with Crippen molar-refractivity contribution < 1.29 is 66.2 Å². The first kappa shape index (κ1) is 59.4. The van der Waals surface area contributed by atoms with Gasteiger partial charge >= 0.3 is 13.3 Å². The number of thiophene rings is 1. The number of alkyl halides is 2. The van der Waals surface area contributed by atoms with Gasteiger partial charge in [-0.1, -0.05) is 101 Å². The summed E-state index contributed by atoms with van der Waals surface area (Å²) in [6, 6.07) is 15.9. The van der Waals surface area contributed by atoms with Gasteiger partial charge in [0.2, 0.25) is 29.5 Å². The molecule has 18 nitrogen and oxygen atoms in total. The molecule has 0 bridgehead atoms. The third kappa shape index (κ3) is 13.9. The molecule has 22 heteroatoms. The summed E-state index contributed by atoms with van der Waals surface area (Å²) < 4.78 is 47.3. The number of amides is 8. The Morgan fingerprint density at radius 2 is 1.59 bits per heavy atom. The van der Waals surface area contributed by atoms with Crippen LogP contribution < -0.4 is 16.0 Å². The summed E-state index contributed by atoms with van der Waals surface area (Å²) in [4.78, 5) is 129. The van der Waals surface area contributed by atoms with Crippen LogP contribution in [-0.2, 0) is 38.9 Å². The predicted octanol–water partition coefficient (Wildman–Crippen LogP) is 7.36. The fourth-order valence-corrected chi connectivity index (χ4v) is 12.1. The lowest BCUT2D eigenvalue weighted by Gasteiger charge is -2.38. The van der Waals surface area contributed by atoms with Gasteiger partial charge in [-0.05, 0) is 84.9 Å². The molecule has 1 aromatic heterocycles. The van der Waals surface area contributed by atoms with Gasteiger partial charge in [0.15, 0.2) is 0 Å². The van der Waals surface area contributed by atoms with Crippen LogP contribution in [0.4, 0.5) is 8.78 Å². The number of benzene rings is 3. The zero-order valence-corrected chi connectivity index (χ0v) is 46.7. The van der Waals surface area contributed by atoms with E-state index in [1.54, 1.807) is 43.9 Å². The molecule has 4 aliphatic rings. The maximum absolute atomic E-state index is 14.8. The van der Waals surface area contributed by atoms with Crippen LogP contribution in [0.25, 0.3) is 10.1 Å². The van der Waals surface area contributed by atoms with Crippen LogP contribution in [0, 0.1) is 17.3 Å². The minimum absolute atomic E-state index is 0.0262. The number of unbranched alkanes of at least 4 members (excludes halogenated alkanes) is 7. The number of carbonyl (C=O) groups is 8. The highest BCUT2D eigenvalue weighted by Gasteiger charge is 2.51. The van der Waals surface area contributed by atoms with E-state index in [9.17, 15) is 61.5 Å². The third-order valence-corrected chi connectivity index (χ3v) is 17.2. The smallest absolute Gasteiger partial charge is 0.366 e. The summed E-state index contributed by atoms with van der Waals surface area (Å²) in [6.45, 7) is 6.34. The molecule has 3 fully saturated rings. The van der Waals surface area contributed by atoms with Gasteiger partial charge < -0.3 is 35.0 Å².